The molecule has 1 aliphatic rings. The highest BCUT2D eigenvalue weighted by molar-refractivity contribution is 9.10. The lowest BCUT2D eigenvalue weighted by Crippen LogP contribution is -2.37. The van der Waals surface area contributed by atoms with Gasteiger partial charge in [0.25, 0.3) is 0 Å². The molecule has 1 aliphatic heterocycles. The van der Waals surface area contributed by atoms with Gasteiger partial charge in [-0.2, -0.15) is 0 Å². The molecule has 1 heterocycles. The Labute approximate surface area is 116 Å². The summed E-state index contributed by atoms with van der Waals surface area (Å²) in [5.74, 6) is 0. The molecule has 100 valence electrons. The van der Waals surface area contributed by atoms with Gasteiger partial charge in [-0.15, -0.1) is 0 Å². The normalized spacial score (nSPS) is 20.2. The van der Waals surface area contributed by atoms with Gasteiger partial charge in [0.05, 0.1) is 4.90 Å². The van der Waals surface area contributed by atoms with Crippen LogP contribution in [-0.2, 0) is 10.0 Å². The Hall–Kier alpha value is -0.430. The van der Waals surface area contributed by atoms with Gasteiger partial charge in [0.1, 0.15) is 0 Å². The van der Waals surface area contributed by atoms with E-state index in [-0.39, 0.29) is 6.04 Å². The van der Waals surface area contributed by atoms with E-state index in [1.165, 1.54) is 0 Å². The third-order valence-electron chi connectivity index (χ3n) is 3.12. The summed E-state index contributed by atoms with van der Waals surface area (Å²) < 4.78 is 27.8. The molecule has 1 aromatic rings. The number of rotatable bonds is 4. The van der Waals surface area contributed by atoms with Crippen molar-refractivity contribution in [2.45, 2.75) is 30.7 Å². The number of aryl methyl sites for hydroxylation is 1. The van der Waals surface area contributed by atoms with Crippen LogP contribution in [0.15, 0.2) is 27.6 Å². The van der Waals surface area contributed by atoms with Crippen molar-refractivity contribution in [3.63, 3.8) is 0 Å². The zero-order valence-corrected chi connectivity index (χ0v) is 12.6. The van der Waals surface area contributed by atoms with Crippen molar-refractivity contribution in [2.24, 2.45) is 0 Å². The zero-order chi connectivity index (χ0) is 13.2. The van der Waals surface area contributed by atoms with E-state index in [9.17, 15) is 8.42 Å². The van der Waals surface area contributed by atoms with Gasteiger partial charge in [-0.25, -0.2) is 13.1 Å². The molecule has 1 aromatic carbocycles. The number of nitrogens with one attached hydrogen (secondary N) is 2. The van der Waals surface area contributed by atoms with Gasteiger partial charge in [-0.1, -0.05) is 22.0 Å². The molecule has 0 saturated carbocycles. The van der Waals surface area contributed by atoms with Crippen LogP contribution in [0.5, 0.6) is 0 Å². The number of hydrogen-bond donors (Lipinski definition) is 2. The molecule has 0 aliphatic carbocycles. The maximum atomic E-state index is 12.2. The Kier molecular flexibility index (Phi) is 4.42. The summed E-state index contributed by atoms with van der Waals surface area (Å²) in [6.45, 7) is 3.23. The molecule has 2 rings (SSSR count). The molecule has 2 N–H and O–H groups in total. The predicted molar refractivity (Wildman–Crippen MR) is 75.1 cm³/mol. The minimum absolute atomic E-state index is 0.257. The van der Waals surface area contributed by atoms with Crippen LogP contribution in [0, 0.1) is 6.92 Å². The van der Waals surface area contributed by atoms with Crippen molar-refractivity contribution in [1.29, 1.82) is 0 Å². The van der Waals surface area contributed by atoms with E-state index in [1.807, 2.05) is 6.07 Å². The third-order valence-corrected chi connectivity index (χ3v) is 5.18. The molecule has 4 nitrogen and oxygen atoms in total. The number of sulfonamides is 1. The van der Waals surface area contributed by atoms with Gasteiger partial charge >= 0.3 is 0 Å². The Bertz CT molecular complexity index is 525. The second kappa shape index (κ2) is 5.69. The first-order valence-corrected chi connectivity index (χ1v) is 8.26. The van der Waals surface area contributed by atoms with Gasteiger partial charge in [-0.3, -0.25) is 0 Å². The topological polar surface area (TPSA) is 58.2 Å². The van der Waals surface area contributed by atoms with Crippen LogP contribution in [0.3, 0.4) is 0 Å². The van der Waals surface area contributed by atoms with E-state index in [0.29, 0.717) is 11.4 Å². The zero-order valence-electron chi connectivity index (χ0n) is 10.2. The highest BCUT2D eigenvalue weighted by Gasteiger charge is 2.20. The molecular formula is C12H17BrN2O2S. The van der Waals surface area contributed by atoms with Crippen molar-refractivity contribution < 1.29 is 8.42 Å². The summed E-state index contributed by atoms with van der Waals surface area (Å²) in [7, 11) is -3.42. The molecule has 1 fully saturated rings. The van der Waals surface area contributed by atoms with Crippen molar-refractivity contribution in [3.05, 3.63) is 28.2 Å². The summed E-state index contributed by atoms with van der Waals surface area (Å²) in [6.07, 6.45) is 2.14. The monoisotopic (exact) mass is 332 g/mol. The second-order valence-electron chi connectivity index (χ2n) is 4.55. The second-order valence-corrected chi connectivity index (χ2v) is 7.21. The van der Waals surface area contributed by atoms with Crippen molar-refractivity contribution in [1.82, 2.24) is 10.0 Å². The summed E-state index contributed by atoms with van der Waals surface area (Å²) in [5.41, 5.74) is 0.755. The van der Waals surface area contributed by atoms with E-state index >= 15 is 0 Å². The van der Waals surface area contributed by atoms with E-state index in [2.05, 4.69) is 26.0 Å². The van der Waals surface area contributed by atoms with Crippen molar-refractivity contribution in [2.75, 3.05) is 13.1 Å². The molecule has 0 amide bonds. The third kappa shape index (κ3) is 3.32. The summed E-state index contributed by atoms with van der Waals surface area (Å²) in [4.78, 5) is 0.342. The maximum Gasteiger partial charge on any atom is 0.240 e. The number of halogens is 1. The fraction of sp³-hybridized carbons (Fsp3) is 0.500. The maximum absolute atomic E-state index is 12.2. The van der Waals surface area contributed by atoms with Crippen LogP contribution in [0.2, 0.25) is 0 Å². The molecular weight excluding hydrogens is 316 g/mol. The van der Waals surface area contributed by atoms with Gasteiger partial charge < -0.3 is 5.32 Å². The summed E-state index contributed by atoms with van der Waals surface area (Å²) in [5, 5.41) is 3.27. The lowest BCUT2D eigenvalue weighted by molar-refractivity contribution is 0.551. The van der Waals surface area contributed by atoms with E-state index < -0.39 is 10.0 Å². The summed E-state index contributed by atoms with van der Waals surface area (Å²) >= 11 is 3.30. The van der Waals surface area contributed by atoms with Crippen molar-refractivity contribution in [3.8, 4) is 0 Å². The van der Waals surface area contributed by atoms with Gasteiger partial charge in [0.2, 0.25) is 10.0 Å². The first-order valence-electron chi connectivity index (χ1n) is 5.98. The van der Waals surface area contributed by atoms with E-state index in [4.69, 9.17) is 0 Å². The highest BCUT2D eigenvalue weighted by atomic mass is 79.9. The van der Waals surface area contributed by atoms with Crippen LogP contribution in [0.25, 0.3) is 0 Å². The largest absolute Gasteiger partial charge is 0.313 e. The minimum atomic E-state index is -3.42. The number of benzene rings is 1. The molecule has 0 radical (unpaired) electrons. The lowest BCUT2D eigenvalue weighted by Gasteiger charge is -2.13. The van der Waals surface area contributed by atoms with Crippen LogP contribution < -0.4 is 10.0 Å². The van der Waals surface area contributed by atoms with Gasteiger partial charge in [0, 0.05) is 17.1 Å². The van der Waals surface area contributed by atoms with E-state index in [0.717, 1.165) is 29.4 Å². The first-order chi connectivity index (χ1) is 8.49. The smallest absolute Gasteiger partial charge is 0.240 e. The van der Waals surface area contributed by atoms with Crippen molar-refractivity contribution >= 4 is 26.0 Å². The lowest BCUT2D eigenvalue weighted by atomic mass is 10.2. The fourth-order valence-corrected chi connectivity index (χ4v) is 3.95. The molecule has 0 bridgehead atoms. The average molecular weight is 333 g/mol. The van der Waals surface area contributed by atoms with Gasteiger partial charge in [0.15, 0.2) is 0 Å². The molecule has 18 heavy (non-hydrogen) atoms. The Morgan fingerprint density at radius 2 is 2.28 bits per heavy atom. The Balaban J connectivity index is 2.12. The Morgan fingerprint density at radius 3 is 2.94 bits per heavy atom. The summed E-state index contributed by atoms with van der Waals surface area (Å²) in [6, 6.07) is 5.53. The molecule has 6 heteroatoms. The standard InChI is InChI=1S/C12H17BrN2O2S/c1-9-4-5-10(13)7-12(9)18(16,17)15-8-11-3-2-6-14-11/h4-5,7,11,14-15H,2-3,6,8H2,1H3. The van der Waals surface area contributed by atoms with Gasteiger partial charge in [-0.05, 0) is 44.0 Å². The van der Waals surface area contributed by atoms with Crippen LogP contribution in [-0.4, -0.2) is 27.5 Å². The number of hydrogen-bond acceptors (Lipinski definition) is 3. The molecule has 1 atom stereocenters. The minimum Gasteiger partial charge on any atom is -0.313 e. The van der Waals surface area contributed by atoms with Crippen LogP contribution in [0.4, 0.5) is 0 Å². The SMILES string of the molecule is Cc1ccc(Br)cc1S(=O)(=O)NCC1CCCN1. The Morgan fingerprint density at radius 1 is 1.50 bits per heavy atom. The highest BCUT2D eigenvalue weighted by Crippen LogP contribution is 2.20. The van der Waals surface area contributed by atoms with Crippen LogP contribution >= 0.6 is 15.9 Å². The predicted octanol–water partition coefficient (Wildman–Crippen LogP) is 1.79. The first kappa shape index (κ1) is 14.0. The molecule has 0 aromatic heterocycles. The average Bonchev–Trinajstić information content (AvgIpc) is 2.83. The molecule has 1 unspecified atom stereocenters. The van der Waals surface area contributed by atoms with Crippen LogP contribution in [0.1, 0.15) is 18.4 Å². The fourth-order valence-electron chi connectivity index (χ4n) is 2.08. The molecule has 0 spiro atoms. The van der Waals surface area contributed by atoms with E-state index in [1.54, 1.807) is 19.1 Å². The molecule has 1 saturated heterocycles. The quantitative estimate of drug-likeness (QED) is 0.883.